The maximum atomic E-state index is 12.9. The Kier molecular flexibility index (Phi) is 3.98. The summed E-state index contributed by atoms with van der Waals surface area (Å²) in [5.74, 6) is -1.64. The number of hydrogen-bond acceptors (Lipinski definition) is 2. The first-order chi connectivity index (χ1) is 7.38. The lowest BCUT2D eigenvalue weighted by Crippen LogP contribution is -2.17. The van der Waals surface area contributed by atoms with Crippen molar-refractivity contribution in [1.82, 2.24) is 5.32 Å². The van der Waals surface area contributed by atoms with Crippen molar-refractivity contribution in [3.05, 3.63) is 28.5 Å². The third-order valence-corrected chi connectivity index (χ3v) is 2.08. The standard InChI is InChI=1S/C9H8ClF4NO/c1-15-4-16-6-3-2-5(11)8(10)7(6)9(12,13)14/h2-3,15H,4H2,1H3. The summed E-state index contributed by atoms with van der Waals surface area (Å²) in [5.41, 5.74) is -1.30. The van der Waals surface area contributed by atoms with Gasteiger partial charge in [0.2, 0.25) is 0 Å². The molecule has 0 amide bonds. The van der Waals surface area contributed by atoms with Gasteiger partial charge in [0.25, 0.3) is 0 Å². The largest absolute Gasteiger partial charge is 0.478 e. The first-order valence-corrected chi connectivity index (χ1v) is 4.58. The van der Waals surface area contributed by atoms with Gasteiger partial charge in [-0.2, -0.15) is 13.2 Å². The fraction of sp³-hybridized carbons (Fsp3) is 0.333. The molecule has 2 nitrogen and oxygen atoms in total. The Labute approximate surface area is 94.2 Å². The number of nitrogens with one attached hydrogen (secondary N) is 1. The Hall–Kier alpha value is -1.01. The van der Waals surface area contributed by atoms with Crippen molar-refractivity contribution >= 4 is 11.6 Å². The minimum absolute atomic E-state index is 0.134. The molecule has 0 fully saturated rings. The molecule has 0 radical (unpaired) electrons. The zero-order valence-electron chi connectivity index (χ0n) is 8.16. The van der Waals surface area contributed by atoms with E-state index in [9.17, 15) is 17.6 Å². The second kappa shape index (κ2) is 4.88. The highest BCUT2D eigenvalue weighted by Gasteiger charge is 2.38. The predicted octanol–water partition coefficient (Wildman–Crippen LogP) is 3.05. The van der Waals surface area contributed by atoms with E-state index in [4.69, 9.17) is 16.3 Å². The number of alkyl halides is 3. The molecule has 0 bridgehead atoms. The van der Waals surface area contributed by atoms with Gasteiger partial charge in [-0.1, -0.05) is 11.6 Å². The Bertz CT molecular complexity index is 381. The quantitative estimate of drug-likeness (QED) is 0.664. The zero-order valence-corrected chi connectivity index (χ0v) is 8.92. The van der Waals surface area contributed by atoms with E-state index in [0.29, 0.717) is 0 Å². The summed E-state index contributed by atoms with van der Waals surface area (Å²) in [6.07, 6.45) is -4.76. The second-order valence-corrected chi connectivity index (χ2v) is 3.25. The minimum atomic E-state index is -4.76. The Morgan fingerprint density at radius 2 is 2.00 bits per heavy atom. The van der Waals surface area contributed by atoms with Crippen molar-refractivity contribution in [3.8, 4) is 5.75 Å². The normalized spacial score (nSPS) is 11.6. The van der Waals surface area contributed by atoms with Crippen LogP contribution >= 0.6 is 11.6 Å². The summed E-state index contributed by atoms with van der Waals surface area (Å²) < 4.78 is 55.4. The molecule has 0 saturated heterocycles. The van der Waals surface area contributed by atoms with Crippen LogP contribution in [0.5, 0.6) is 5.75 Å². The fourth-order valence-corrected chi connectivity index (χ4v) is 1.33. The SMILES string of the molecule is CNCOc1ccc(F)c(Cl)c1C(F)(F)F. The van der Waals surface area contributed by atoms with Crippen molar-refractivity contribution in [1.29, 1.82) is 0 Å². The predicted molar refractivity (Wildman–Crippen MR) is 51.0 cm³/mol. The molecule has 1 aromatic carbocycles. The van der Waals surface area contributed by atoms with Crippen LogP contribution in [-0.4, -0.2) is 13.8 Å². The molecule has 0 unspecified atom stereocenters. The average molecular weight is 258 g/mol. The van der Waals surface area contributed by atoms with Crippen LogP contribution < -0.4 is 10.1 Å². The Morgan fingerprint density at radius 1 is 1.38 bits per heavy atom. The second-order valence-electron chi connectivity index (χ2n) is 2.87. The molecule has 0 atom stereocenters. The molecule has 1 rings (SSSR count). The molecule has 0 heterocycles. The highest BCUT2D eigenvalue weighted by atomic mass is 35.5. The first kappa shape index (κ1) is 13.1. The van der Waals surface area contributed by atoms with E-state index >= 15 is 0 Å². The first-order valence-electron chi connectivity index (χ1n) is 4.20. The number of benzene rings is 1. The van der Waals surface area contributed by atoms with Crippen LogP contribution in [-0.2, 0) is 6.18 Å². The molecular formula is C9H8ClF4NO. The van der Waals surface area contributed by atoms with E-state index in [1.165, 1.54) is 7.05 Å². The van der Waals surface area contributed by atoms with Gasteiger partial charge in [-0.25, -0.2) is 4.39 Å². The number of ether oxygens (including phenoxy) is 1. The van der Waals surface area contributed by atoms with Gasteiger partial charge in [-0.15, -0.1) is 0 Å². The molecule has 90 valence electrons. The van der Waals surface area contributed by atoms with E-state index in [0.717, 1.165) is 12.1 Å². The number of halogens is 5. The van der Waals surface area contributed by atoms with Gasteiger partial charge >= 0.3 is 6.18 Å². The van der Waals surface area contributed by atoms with Crippen LogP contribution in [0.2, 0.25) is 5.02 Å². The molecule has 0 aliphatic heterocycles. The fourth-order valence-electron chi connectivity index (χ4n) is 1.07. The molecule has 16 heavy (non-hydrogen) atoms. The van der Waals surface area contributed by atoms with Gasteiger partial charge in [-0.05, 0) is 19.2 Å². The highest BCUT2D eigenvalue weighted by molar-refractivity contribution is 6.31. The smallest absolute Gasteiger partial charge is 0.421 e. The molecule has 0 aromatic heterocycles. The van der Waals surface area contributed by atoms with Crippen LogP contribution in [0.1, 0.15) is 5.56 Å². The third-order valence-electron chi connectivity index (χ3n) is 1.71. The highest BCUT2D eigenvalue weighted by Crippen LogP contribution is 2.41. The molecule has 7 heteroatoms. The van der Waals surface area contributed by atoms with Crippen LogP contribution in [0.4, 0.5) is 17.6 Å². The minimum Gasteiger partial charge on any atom is -0.478 e. The molecule has 0 aliphatic rings. The topological polar surface area (TPSA) is 21.3 Å². The van der Waals surface area contributed by atoms with Gasteiger partial charge in [-0.3, -0.25) is 5.32 Å². The van der Waals surface area contributed by atoms with Crippen molar-refractivity contribution in [2.75, 3.05) is 13.8 Å². The van der Waals surface area contributed by atoms with Crippen LogP contribution in [0, 0.1) is 5.82 Å². The van der Waals surface area contributed by atoms with Crippen molar-refractivity contribution in [2.24, 2.45) is 0 Å². The summed E-state index contributed by atoms with van der Waals surface area (Å²) in [6.45, 7) is -0.134. The lowest BCUT2D eigenvalue weighted by atomic mass is 10.2. The van der Waals surface area contributed by atoms with Gasteiger partial charge in [0, 0.05) is 0 Å². The van der Waals surface area contributed by atoms with E-state index in [1.54, 1.807) is 0 Å². The van der Waals surface area contributed by atoms with E-state index in [2.05, 4.69) is 5.32 Å². The Morgan fingerprint density at radius 3 is 2.50 bits per heavy atom. The van der Waals surface area contributed by atoms with Gasteiger partial charge < -0.3 is 4.74 Å². The van der Waals surface area contributed by atoms with E-state index in [1.807, 2.05) is 0 Å². The lowest BCUT2D eigenvalue weighted by molar-refractivity contribution is -0.139. The summed E-state index contributed by atoms with van der Waals surface area (Å²) >= 11 is 5.27. The van der Waals surface area contributed by atoms with Crippen LogP contribution in [0.3, 0.4) is 0 Å². The van der Waals surface area contributed by atoms with Crippen molar-refractivity contribution < 1.29 is 22.3 Å². The summed E-state index contributed by atoms with van der Waals surface area (Å²) in [6, 6.07) is 1.71. The molecule has 1 aromatic rings. The van der Waals surface area contributed by atoms with Gasteiger partial charge in [0.05, 0.1) is 5.02 Å². The lowest BCUT2D eigenvalue weighted by Gasteiger charge is -2.15. The summed E-state index contributed by atoms with van der Waals surface area (Å²) in [7, 11) is 1.50. The maximum absolute atomic E-state index is 12.9. The monoisotopic (exact) mass is 257 g/mol. The van der Waals surface area contributed by atoms with Crippen molar-refractivity contribution in [3.63, 3.8) is 0 Å². The number of hydrogen-bond donors (Lipinski definition) is 1. The molecule has 0 spiro atoms. The molecule has 0 saturated carbocycles. The van der Waals surface area contributed by atoms with E-state index < -0.39 is 28.3 Å². The zero-order chi connectivity index (χ0) is 12.3. The number of rotatable bonds is 3. The van der Waals surface area contributed by atoms with Gasteiger partial charge in [0.15, 0.2) is 0 Å². The Balaban J connectivity index is 3.22. The molecule has 1 N–H and O–H groups in total. The summed E-state index contributed by atoms with van der Waals surface area (Å²) in [5, 5.41) is 1.52. The molecule has 0 aliphatic carbocycles. The summed E-state index contributed by atoms with van der Waals surface area (Å²) in [4.78, 5) is 0. The van der Waals surface area contributed by atoms with Crippen LogP contribution in [0.25, 0.3) is 0 Å². The van der Waals surface area contributed by atoms with Crippen molar-refractivity contribution in [2.45, 2.75) is 6.18 Å². The van der Waals surface area contributed by atoms with E-state index in [-0.39, 0.29) is 6.73 Å². The maximum Gasteiger partial charge on any atom is 0.421 e. The van der Waals surface area contributed by atoms with Gasteiger partial charge in [0.1, 0.15) is 23.9 Å². The average Bonchev–Trinajstić information content (AvgIpc) is 2.17. The van der Waals surface area contributed by atoms with Crippen LogP contribution in [0.15, 0.2) is 12.1 Å². The third kappa shape index (κ3) is 2.76. The molecular weight excluding hydrogens is 250 g/mol.